The second-order valence-corrected chi connectivity index (χ2v) is 6.89. The summed E-state index contributed by atoms with van der Waals surface area (Å²) < 4.78 is 5.23. The van der Waals surface area contributed by atoms with Crippen molar-refractivity contribution in [3.8, 4) is 5.75 Å². The average molecular weight is 309 g/mol. The Balaban J connectivity index is 1.74. The first kappa shape index (κ1) is 12.4. The standard InChI is InChI=1S/C14H13ClN2O2S/c1-19-10-5-11-8(4-7(10)15)16-9-6-14(2-3-14)17-13(18)12(9)20-11/h4-5,16H,2-3,6H2,1H3,(H,17,18). The van der Waals surface area contributed by atoms with Crippen LogP contribution < -0.4 is 15.4 Å². The van der Waals surface area contributed by atoms with Crippen LogP contribution in [0.25, 0.3) is 0 Å². The summed E-state index contributed by atoms with van der Waals surface area (Å²) in [5.41, 5.74) is 1.98. The molecule has 0 atom stereocenters. The van der Waals surface area contributed by atoms with Gasteiger partial charge in [-0.2, -0.15) is 0 Å². The number of hydrogen-bond donors (Lipinski definition) is 2. The highest BCUT2D eigenvalue weighted by Crippen LogP contribution is 2.51. The van der Waals surface area contributed by atoms with Crippen molar-refractivity contribution in [2.24, 2.45) is 0 Å². The summed E-state index contributed by atoms with van der Waals surface area (Å²) in [6, 6.07) is 3.73. The zero-order valence-electron chi connectivity index (χ0n) is 10.9. The van der Waals surface area contributed by atoms with Crippen molar-refractivity contribution < 1.29 is 9.53 Å². The third-order valence-corrected chi connectivity index (χ3v) is 5.47. The first-order valence-electron chi connectivity index (χ1n) is 6.48. The van der Waals surface area contributed by atoms with Crippen LogP contribution in [0, 0.1) is 0 Å². The molecule has 0 aromatic heterocycles. The Morgan fingerprint density at radius 1 is 1.40 bits per heavy atom. The van der Waals surface area contributed by atoms with Crippen LogP contribution in [-0.2, 0) is 4.79 Å². The molecule has 0 saturated heterocycles. The normalized spacial score (nSPS) is 21.8. The molecule has 2 aliphatic heterocycles. The lowest BCUT2D eigenvalue weighted by Gasteiger charge is -2.32. The quantitative estimate of drug-likeness (QED) is 0.837. The number of anilines is 1. The van der Waals surface area contributed by atoms with Gasteiger partial charge in [0.05, 0.1) is 22.7 Å². The largest absolute Gasteiger partial charge is 0.495 e. The second-order valence-electron chi connectivity index (χ2n) is 5.43. The van der Waals surface area contributed by atoms with Crippen LogP contribution >= 0.6 is 23.4 Å². The fraction of sp³-hybridized carbons (Fsp3) is 0.357. The van der Waals surface area contributed by atoms with Crippen molar-refractivity contribution in [1.29, 1.82) is 0 Å². The fourth-order valence-corrected chi connectivity index (χ4v) is 3.94. The van der Waals surface area contributed by atoms with Gasteiger partial charge in [0.2, 0.25) is 0 Å². The molecular formula is C14H13ClN2O2S. The van der Waals surface area contributed by atoms with E-state index >= 15 is 0 Å². The van der Waals surface area contributed by atoms with Gasteiger partial charge in [-0.15, -0.1) is 0 Å². The molecule has 2 heterocycles. The third kappa shape index (κ3) is 1.80. The third-order valence-electron chi connectivity index (χ3n) is 3.98. The second kappa shape index (κ2) is 4.09. The van der Waals surface area contributed by atoms with Gasteiger partial charge in [-0.25, -0.2) is 0 Å². The average Bonchev–Trinajstić information content (AvgIpc) is 3.15. The minimum Gasteiger partial charge on any atom is -0.495 e. The van der Waals surface area contributed by atoms with Gasteiger partial charge in [0, 0.05) is 22.6 Å². The molecule has 1 aromatic rings. The van der Waals surface area contributed by atoms with Crippen LogP contribution in [0.3, 0.4) is 0 Å². The van der Waals surface area contributed by atoms with E-state index < -0.39 is 0 Å². The molecule has 2 N–H and O–H groups in total. The summed E-state index contributed by atoms with van der Waals surface area (Å²) in [6.07, 6.45) is 3.01. The van der Waals surface area contributed by atoms with Gasteiger partial charge in [-0.3, -0.25) is 4.79 Å². The Kier molecular flexibility index (Phi) is 2.54. The van der Waals surface area contributed by atoms with Crippen molar-refractivity contribution in [3.63, 3.8) is 0 Å². The van der Waals surface area contributed by atoms with Crippen molar-refractivity contribution in [3.05, 3.63) is 27.8 Å². The molecule has 3 aliphatic rings. The minimum absolute atomic E-state index is 0.0112. The number of carbonyl (C=O) groups is 1. The number of rotatable bonds is 1. The van der Waals surface area contributed by atoms with E-state index in [0.29, 0.717) is 10.8 Å². The lowest BCUT2D eigenvalue weighted by atomic mass is 10.0. The summed E-state index contributed by atoms with van der Waals surface area (Å²) in [6.45, 7) is 0. The summed E-state index contributed by atoms with van der Waals surface area (Å²) in [5, 5.41) is 7.07. The molecule has 0 unspecified atom stereocenters. The maximum Gasteiger partial charge on any atom is 0.260 e. The van der Waals surface area contributed by atoms with Gasteiger partial charge in [0.25, 0.3) is 5.91 Å². The number of methoxy groups -OCH3 is 1. The highest BCUT2D eigenvalue weighted by Gasteiger charge is 2.49. The monoisotopic (exact) mass is 308 g/mol. The van der Waals surface area contributed by atoms with Crippen LogP contribution in [-0.4, -0.2) is 18.6 Å². The molecular weight excluding hydrogens is 296 g/mol. The first-order chi connectivity index (χ1) is 9.60. The first-order valence-corrected chi connectivity index (χ1v) is 7.68. The van der Waals surface area contributed by atoms with Gasteiger partial charge >= 0.3 is 0 Å². The van der Waals surface area contributed by atoms with Crippen LogP contribution in [0.15, 0.2) is 27.6 Å². The Bertz CT molecular complexity index is 667. The zero-order valence-corrected chi connectivity index (χ0v) is 12.5. The predicted octanol–water partition coefficient (Wildman–Crippen LogP) is 3.13. The molecule has 1 aromatic carbocycles. The van der Waals surface area contributed by atoms with Gasteiger partial charge < -0.3 is 15.4 Å². The molecule has 1 fully saturated rings. The van der Waals surface area contributed by atoms with E-state index in [1.807, 2.05) is 12.1 Å². The number of carbonyl (C=O) groups excluding carboxylic acids is 1. The number of amides is 1. The number of benzene rings is 1. The molecule has 0 bridgehead atoms. The Labute approximate surface area is 125 Å². The number of fused-ring (bicyclic) bond motifs is 1. The molecule has 4 rings (SSSR count). The van der Waals surface area contributed by atoms with Crippen molar-refractivity contribution >= 4 is 35.0 Å². The van der Waals surface area contributed by atoms with Crippen molar-refractivity contribution in [2.75, 3.05) is 12.4 Å². The Morgan fingerprint density at radius 2 is 2.20 bits per heavy atom. The topological polar surface area (TPSA) is 50.4 Å². The maximum atomic E-state index is 12.2. The molecule has 1 spiro atoms. The van der Waals surface area contributed by atoms with Crippen LogP contribution in [0.5, 0.6) is 5.75 Å². The van der Waals surface area contributed by atoms with Gasteiger partial charge in [0.15, 0.2) is 0 Å². The van der Waals surface area contributed by atoms with Crippen LogP contribution in [0.4, 0.5) is 5.69 Å². The number of nitrogens with one attached hydrogen (secondary N) is 2. The molecule has 1 saturated carbocycles. The minimum atomic E-state index is 0.0112. The molecule has 6 heteroatoms. The maximum absolute atomic E-state index is 12.2. The molecule has 1 aliphatic carbocycles. The Morgan fingerprint density at radius 3 is 2.90 bits per heavy atom. The van der Waals surface area contributed by atoms with E-state index in [4.69, 9.17) is 16.3 Å². The number of thioether (sulfide) groups is 1. The van der Waals surface area contributed by atoms with E-state index in [9.17, 15) is 4.79 Å². The molecule has 20 heavy (non-hydrogen) atoms. The molecule has 0 radical (unpaired) electrons. The summed E-state index contributed by atoms with van der Waals surface area (Å²) in [5.74, 6) is 0.652. The van der Waals surface area contributed by atoms with E-state index in [1.165, 1.54) is 11.8 Å². The fourth-order valence-electron chi connectivity index (χ4n) is 2.70. The SMILES string of the molecule is COc1cc2c(cc1Cl)NC1=C(S2)C(=O)NC2(CC2)C1. The summed E-state index contributed by atoms with van der Waals surface area (Å²) >= 11 is 7.65. The lowest BCUT2D eigenvalue weighted by molar-refractivity contribution is -0.118. The molecule has 4 nitrogen and oxygen atoms in total. The van der Waals surface area contributed by atoms with Gasteiger partial charge in [-0.05, 0) is 25.0 Å². The Hall–Kier alpha value is -1.33. The number of ether oxygens (including phenoxy) is 1. The van der Waals surface area contributed by atoms with Crippen LogP contribution in [0.1, 0.15) is 19.3 Å². The molecule has 104 valence electrons. The smallest absolute Gasteiger partial charge is 0.260 e. The van der Waals surface area contributed by atoms with Gasteiger partial charge in [0.1, 0.15) is 5.75 Å². The van der Waals surface area contributed by atoms with E-state index in [2.05, 4.69) is 10.6 Å². The lowest BCUT2D eigenvalue weighted by Crippen LogP contribution is -2.43. The summed E-state index contributed by atoms with van der Waals surface area (Å²) in [7, 11) is 1.59. The van der Waals surface area contributed by atoms with Crippen molar-refractivity contribution in [1.82, 2.24) is 5.32 Å². The summed E-state index contributed by atoms with van der Waals surface area (Å²) in [4.78, 5) is 14.0. The van der Waals surface area contributed by atoms with Crippen LogP contribution in [0.2, 0.25) is 5.02 Å². The highest BCUT2D eigenvalue weighted by atomic mass is 35.5. The van der Waals surface area contributed by atoms with Crippen molar-refractivity contribution in [2.45, 2.75) is 29.7 Å². The molecule has 1 amide bonds. The van der Waals surface area contributed by atoms with E-state index in [-0.39, 0.29) is 11.4 Å². The highest BCUT2D eigenvalue weighted by molar-refractivity contribution is 8.04. The predicted molar refractivity (Wildman–Crippen MR) is 79.2 cm³/mol. The number of halogens is 1. The zero-order chi connectivity index (χ0) is 13.9. The number of hydrogen-bond acceptors (Lipinski definition) is 4. The van der Waals surface area contributed by atoms with E-state index in [1.54, 1.807) is 7.11 Å². The van der Waals surface area contributed by atoms with Gasteiger partial charge in [-0.1, -0.05) is 23.4 Å². The van der Waals surface area contributed by atoms with E-state index in [0.717, 1.165) is 40.4 Å².